The summed E-state index contributed by atoms with van der Waals surface area (Å²) >= 11 is 1.36. The molecule has 7 nitrogen and oxygen atoms in total. The largest absolute Gasteiger partial charge is 0.496 e. The molecule has 0 spiro atoms. The molecule has 1 amide bonds. The molecule has 0 unspecified atom stereocenters. The number of nitrogens with zero attached hydrogens (tertiary/aromatic N) is 2. The number of methoxy groups -OCH3 is 1. The minimum atomic E-state index is -0.142. The van der Waals surface area contributed by atoms with Crippen LogP contribution in [0.5, 0.6) is 17.2 Å². The van der Waals surface area contributed by atoms with Crippen LogP contribution in [0.15, 0.2) is 71.8 Å². The van der Waals surface area contributed by atoms with E-state index in [-0.39, 0.29) is 18.5 Å². The van der Waals surface area contributed by atoms with Crippen molar-refractivity contribution in [2.45, 2.75) is 11.4 Å². The summed E-state index contributed by atoms with van der Waals surface area (Å²) in [6.45, 7) is 0.193. The Morgan fingerprint density at radius 2 is 1.76 bits per heavy atom. The smallest absolute Gasteiger partial charge is 0.234 e. The standard InChI is InChI=1S/C25H21N3O4S/c1-30-21-9-5-2-6-16(21)12-20-25(28-19-8-4-3-7-18(19)27-20)33-14-24(29)26-17-10-11-22-23(13-17)32-15-31-22/h2-11,13H,12,14-15H2,1H3,(H,26,29). The number of benzene rings is 3. The fraction of sp³-hybridized carbons (Fsp3) is 0.160. The first-order valence-electron chi connectivity index (χ1n) is 10.4. The number of ether oxygens (including phenoxy) is 3. The van der Waals surface area contributed by atoms with Crippen LogP contribution in [0.1, 0.15) is 11.3 Å². The van der Waals surface area contributed by atoms with Gasteiger partial charge in [0, 0.05) is 23.7 Å². The molecule has 166 valence electrons. The molecule has 0 saturated carbocycles. The monoisotopic (exact) mass is 459 g/mol. The van der Waals surface area contributed by atoms with Crippen LogP contribution in [0.2, 0.25) is 0 Å². The second-order valence-electron chi connectivity index (χ2n) is 7.36. The molecule has 0 radical (unpaired) electrons. The zero-order valence-electron chi connectivity index (χ0n) is 17.9. The van der Waals surface area contributed by atoms with Crippen molar-refractivity contribution >= 4 is 34.4 Å². The van der Waals surface area contributed by atoms with E-state index in [1.807, 2.05) is 48.5 Å². The van der Waals surface area contributed by atoms with Crippen molar-refractivity contribution in [2.24, 2.45) is 0 Å². The number of hydrogen-bond acceptors (Lipinski definition) is 7. The number of fused-ring (bicyclic) bond motifs is 2. The number of anilines is 1. The minimum Gasteiger partial charge on any atom is -0.496 e. The molecule has 0 atom stereocenters. The average Bonchev–Trinajstić information content (AvgIpc) is 3.31. The van der Waals surface area contributed by atoms with Crippen molar-refractivity contribution in [3.63, 3.8) is 0 Å². The summed E-state index contributed by atoms with van der Waals surface area (Å²) in [6.07, 6.45) is 0.550. The van der Waals surface area contributed by atoms with Gasteiger partial charge in [0.25, 0.3) is 0 Å². The Kier molecular flexibility index (Phi) is 5.99. The molecule has 1 aliphatic heterocycles. The van der Waals surface area contributed by atoms with Gasteiger partial charge in [-0.3, -0.25) is 4.79 Å². The number of amides is 1. The topological polar surface area (TPSA) is 82.6 Å². The van der Waals surface area contributed by atoms with E-state index in [1.165, 1.54) is 11.8 Å². The predicted molar refractivity (Wildman–Crippen MR) is 127 cm³/mol. The zero-order valence-corrected chi connectivity index (χ0v) is 18.7. The first-order chi connectivity index (χ1) is 16.2. The maximum Gasteiger partial charge on any atom is 0.234 e. The van der Waals surface area contributed by atoms with Crippen molar-refractivity contribution in [1.82, 2.24) is 9.97 Å². The Bertz CT molecular complexity index is 1330. The second-order valence-corrected chi connectivity index (χ2v) is 8.32. The maximum absolute atomic E-state index is 12.6. The molecule has 5 rings (SSSR count). The van der Waals surface area contributed by atoms with Crippen LogP contribution in [0.3, 0.4) is 0 Å². The van der Waals surface area contributed by atoms with Gasteiger partial charge in [0.05, 0.1) is 29.6 Å². The molecular weight excluding hydrogens is 438 g/mol. The van der Waals surface area contributed by atoms with Gasteiger partial charge >= 0.3 is 0 Å². The fourth-order valence-electron chi connectivity index (χ4n) is 3.59. The Balaban J connectivity index is 1.36. The molecule has 2 heterocycles. The van der Waals surface area contributed by atoms with Gasteiger partial charge in [0.2, 0.25) is 12.7 Å². The molecule has 1 aromatic heterocycles. The number of carbonyl (C=O) groups excluding carboxylic acids is 1. The number of nitrogens with one attached hydrogen (secondary N) is 1. The lowest BCUT2D eigenvalue weighted by Gasteiger charge is -2.12. The van der Waals surface area contributed by atoms with E-state index in [9.17, 15) is 4.79 Å². The summed E-state index contributed by atoms with van der Waals surface area (Å²) in [5, 5.41) is 3.63. The molecule has 0 bridgehead atoms. The van der Waals surface area contributed by atoms with Crippen LogP contribution in [0, 0.1) is 0 Å². The predicted octanol–water partition coefficient (Wildman–Crippen LogP) is 4.69. The number of thioether (sulfide) groups is 1. The number of aromatic nitrogens is 2. The highest BCUT2D eigenvalue weighted by atomic mass is 32.2. The molecule has 0 fully saturated rings. The summed E-state index contributed by atoms with van der Waals surface area (Å²) in [5.74, 6) is 2.15. The van der Waals surface area contributed by atoms with Crippen molar-refractivity contribution in [1.29, 1.82) is 0 Å². The molecule has 3 aromatic carbocycles. The summed E-state index contributed by atoms with van der Waals surface area (Å²) in [4.78, 5) is 22.3. The average molecular weight is 460 g/mol. The van der Waals surface area contributed by atoms with E-state index in [4.69, 9.17) is 24.2 Å². The zero-order chi connectivity index (χ0) is 22.6. The van der Waals surface area contributed by atoms with Gasteiger partial charge in [0.15, 0.2) is 11.5 Å². The maximum atomic E-state index is 12.6. The Morgan fingerprint density at radius 3 is 2.61 bits per heavy atom. The lowest BCUT2D eigenvalue weighted by molar-refractivity contribution is -0.113. The Morgan fingerprint density at radius 1 is 1.00 bits per heavy atom. The third-order valence-electron chi connectivity index (χ3n) is 5.15. The quantitative estimate of drug-likeness (QED) is 0.402. The third kappa shape index (κ3) is 4.70. The molecule has 0 saturated heterocycles. The van der Waals surface area contributed by atoms with Crippen LogP contribution in [-0.2, 0) is 11.2 Å². The van der Waals surface area contributed by atoms with Gasteiger partial charge in [0.1, 0.15) is 10.8 Å². The van der Waals surface area contributed by atoms with E-state index < -0.39 is 0 Å². The second kappa shape index (κ2) is 9.38. The number of hydrogen-bond donors (Lipinski definition) is 1. The lowest BCUT2D eigenvalue weighted by atomic mass is 10.1. The Hall–Kier alpha value is -3.78. The SMILES string of the molecule is COc1ccccc1Cc1nc2ccccc2nc1SCC(=O)Nc1ccc2c(c1)OCO2. The van der Waals surface area contributed by atoms with E-state index in [2.05, 4.69) is 5.32 Å². The van der Waals surface area contributed by atoms with E-state index in [0.717, 1.165) is 33.1 Å². The molecule has 4 aromatic rings. The van der Waals surface area contributed by atoms with Crippen LogP contribution in [-0.4, -0.2) is 35.5 Å². The number of rotatable bonds is 7. The highest BCUT2D eigenvalue weighted by molar-refractivity contribution is 8.00. The highest BCUT2D eigenvalue weighted by Gasteiger charge is 2.16. The van der Waals surface area contributed by atoms with Gasteiger partial charge in [-0.25, -0.2) is 9.97 Å². The van der Waals surface area contributed by atoms with Gasteiger partial charge in [-0.1, -0.05) is 42.1 Å². The molecule has 0 aliphatic carbocycles. The number of carbonyl (C=O) groups is 1. The highest BCUT2D eigenvalue weighted by Crippen LogP contribution is 2.34. The van der Waals surface area contributed by atoms with E-state index >= 15 is 0 Å². The molecule has 8 heteroatoms. The number of para-hydroxylation sites is 3. The van der Waals surface area contributed by atoms with E-state index in [0.29, 0.717) is 23.6 Å². The summed E-state index contributed by atoms with van der Waals surface area (Å²) in [6, 6.07) is 20.9. The molecule has 1 aliphatic rings. The van der Waals surface area contributed by atoms with Crippen LogP contribution >= 0.6 is 11.8 Å². The lowest BCUT2D eigenvalue weighted by Crippen LogP contribution is -2.14. The first-order valence-corrected chi connectivity index (χ1v) is 11.4. The molecule has 33 heavy (non-hydrogen) atoms. The fourth-order valence-corrected chi connectivity index (χ4v) is 4.37. The van der Waals surface area contributed by atoms with Crippen molar-refractivity contribution < 1.29 is 19.0 Å². The summed E-state index contributed by atoms with van der Waals surface area (Å²) in [7, 11) is 1.65. The Labute approximate surface area is 195 Å². The van der Waals surface area contributed by atoms with Crippen molar-refractivity contribution in [3.05, 3.63) is 78.0 Å². The van der Waals surface area contributed by atoms with Crippen LogP contribution in [0.25, 0.3) is 11.0 Å². The normalized spacial score (nSPS) is 12.0. The van der Waals surface area contributed by atoms with Crippen LogP contribution in [0.4, 0.5) is 5.69 Å². The van der Waals surface area contributed by atoms with Crippen molar-refractivity contribution in [2.75, 3.05) is 25.0 Å². The summed E-state index contributed by atoms with van der Waals surface area (Å²) in [5.41, 5.74) is 4.08. The summed E-state index contributed by atoms with van der Waals surface area (Å²) < 4.78 is 16.2. The molecular formula is C25H21N3O4S. The van der Waals surface area contributed by atoms with E-state index in [1.54, 1.807) is 25.3 Å². The van der Waals surface area contributed by atoms with Gasteiger partial charge < -0.3 is 19.5 Å². The van der Waals surface area contributed by atoms with Crippen molar-refractivity contribution in [3.8, 4) is 17.2 Å². The third-order valence-corrected chi connectivity index (χ3v) is 6.16. The van der Waals surface area contributed by atoms with Gasteiger partial charge in [-0.05, 0) is 30.3 Å². The molecule has 1 N–H and O–H groups in total. The van der Waals surface area contributed by atoms with Gasteiger partial charge in [-0.2, -0.15) is 0 Å². The van der Waals surface area contributed by atoms with Gasteiger partial charge in [-0.15, -0.1) is 0 Å². The first kappa shape index (κ1) is 21.1. The van der Waals surface area contributed by atoms with Crippen LogP contribution < -0.4 is 19.5 Å². The minimum absolute atomic E-state index is 0.142.